The summed E-state index contributed by atoms with van der Waals surface area (Å²) in [5, 5.41) is 7.14. The SMILES string of the molecule is CC(Cn1cccn1)C(=O)NC(C)c1ccccc1. The minimum Gasteiger partial charge on any atom is -0.349 e. The van der Waals surface area contributed by atoms with E-state index in [1.54, 1.807) is 10.9 Å². The molecule has 2 rings (SSSR count). The lowest BCUT2D eigenvalue weighted by atomic mass is 10.1. The lowest BCUT2D eigenvalue weighted by Crippen LogP contribution is -2.33. The van der Waals surface area contributed by atoms with Crippen molar-refractivity contribution in [3.63, 3.8) is 0 Å². The maximum atomic E-state index is 12.1. The number of carbonyl (C=O) groups excluding carboxylic acids is 1. The Morgan fingerprint density at radius 3 is 2.63 bits per heavy atom. The first-order valence-corrected chi connectivity index (χ1v) is 6.49. The van der Waals surface area contributed by atoms with E-state index in [0.717, 1.165) is 5.56 Å². The summed E-state index contributed by atoms with van der Waals surface area (Å²) < 4.78 is 1.78. The Morgan fingerprint density at radius 1 is 1.26 bits per heavy atom. The molecular formula is C15H19N3O. The molecule has 1 aromatic heterocycles. The van der Waals surface area contributed by atoms with Crippen LogP contribution in [-0.4, -0.2) is 15.7 Å². The standard InChI is InChI=1S/C15H19N3O/c1-12(11-18-10-6-9-16-18)15(19)17-13(2)14-7-4-3-5-8-14/h3-10,12-13H,11H2,1-2H3,(H,17,19). The minimum absolute atomic E-state index is 0.0220. The van der Waals surface area contributed by atoms with Gasteiger partial charge in [-0.3, -0.25) is 9.48 Å². The van der Waals surface area contributed by atoms with Gasteiger partial charge in [0.1, 0.15) is 0 Å². The van der Waals surface area contributed by atoms with Crippen LogP contribution in [0.5, 0.6) is 0 Å². The van der Waals surface area contributed by atoms with Crippen molar-refractivity contribution in [3.8, 4) is 0 Å². The summed E-state index contributed by atoms with van der Waals surface area (Å²) in [7, 11) is 0. The molecule has 2 atom stereocenters. The summed E-state index contributed by atoms with van der Waals surface area (Å²) in [6, 6.07) is 11.8. The van der Waals surface area contributed by atoms with Crippen LogP contribution in [-0.2, 0) is 11.3 Å². The average Bonchev–Trinajstić information content (AvgIpc) is 2.92. The number of hydrogen-bond donors (Lipinski definition) is 1. The summed E-state index contributed by atoms with van der Waals surface area (Å²) in [5.74, 6) is -0.0575. The predicted molar refractivity (Wildman–Crippen MR) is 74.4 cm³/mol. The smallest absolute Gasteiger partial charge is 0.225 e. The predicted octanol–water partition coefficient (Wildman–Crippen LogP) is 2.40. The van der Waals surface area contributed by atoms with Crippen molar-refractivity contribution in [1.29, 1.82) is 0 Å². The van der Waals surface area contributed by atoms with Crippen molar-refractivity contribution in [1.82, 2.24) is 15.1 Å². The average molecular weight is 257 g/mol. The molecule has 19 heavy (non-hydrogen) atoms. The van der Waals surface area contributed by atoms with E-state index in [0.29, 0.717) is 6.54 Å². The van der Waals surface area contributed by atoms with E-state index in [2.05, 4.69) is 10.4 Å². The van der Waals surface area contributed by atoms with E-state index in [9.17, 15) is 4.79 Å². The van der Waals surface area contributed by atoms with Crippen molar-refractivity contribution < 1.29 is 4.79 Å². The van der Waals surface area contributed by atoms with Crippen LogP contribution in [0.2, 0.25) is 0 Å². The second-order valence-electron chi connectivity index (χ2n) is 4.77. The number of benzene rings is 1. The van der Waals surface area contributed by atoms with Gasteiger partial charge in [-0.15, -0.1) is 0 Å². The van der Waals surface area contributed by atoms with Gasteiger partial charge < -0.3 is 5.32 Å². The molecular weight excluding hydrogens is 238 g/mol. The molecule has 0 aliphatic carbocycles. The van der Waals surface area contributed by atoms with Gasteiger partial charge >= 0.3 is 0 Å². The summed E-state index contributed by atoms with van der Waals surface area (Å²) in [5.41, 5.74) is 1.11. The van der Waals surface area contributed by atoms with Crippen LogP contribution in [0.4, 0.5) is 0 Å². The molecule has 100 valence electrons. The highest BCUT2D eigenvalue weighted by Crippen LogP contribution is 2.12. The third-order valence-corrected chi connectivity index (χ3v) is 3.13. The second-order valence-corrected chi connectivity index (χ2v) is 4.77. The number of amides is 1. The molecule has 2 unspecified atom stereocenters. The molecule has 1 aromatic carbocycles. The number of hydrogen-bond acceptors (Lipinski definition) is 2. The van der Waals surface area contributed by atoms with Gasteiger partial charge in [0.2, 0.25) is 5.91 Å². The van der Waals surface area contributed by atoms with Crippen LogP contribution in [0.1, 0.15) is 25.5 Å². The summed E-state index contributed by atoms with van der Waals surface area (Å²) >= 11 is 0. The van der Waals surface area contributed by atoms with E-state index < -0.39 is 0 Å². The molecule has 1 heterocycles. The van der Waals surface area contributed by atoms with Crippen molar-refractivity contribution in [3.05, 3.63) is 54.4 Å². The van der Waals surface area contributed by atoms with E-state index in [1.165, 1.54) is 0 Å². The lowest BCUT2D eigenvalue weighted by Gasteiger charge is -2.18. The van der Waals surface area contributed by atoms with Gasteiger partial charge in [0.25, 0.3) is 0 Å². The molecule has 0 saturated carbocycles. The Kier molecular flexibility index (Phi) is 4.34. The molecule has 0 saturated heterocycles. The number of aromatic nitrogens is 2. The summed E-state index contributed by atoms with van der Waals surface area (Å²) in [6.45, 7) is 4.50. The molecule has 4 heteroatoms. The maximum absolute atomic E-state index is 12.1. The molecule has 2 aromatic rings. The third-order valence-electron chi connectivity index (χ3n) is 3.13. The van der Waals surface area contributed by atoms with Crippen LogP contribution < -0.4 is 5.32 Å². The first-order chi connectivity index (χ1) is 9.16. The molecule has 0 aliphatic heterocycles. The highest BCUT2D eigenvalue weighted by molar-refractivity contribution is 5.78. The van der Waals surface area contributed by atoms with Gasteiger partial charge in [-0.2, -0.15) is 5.10 Å². The number of nitrogens with one attached hydrogen (secondary N) is 1. The zero-order valence-electron chi connectivity index (χ0n) is 11.3. The lowest BCUT2D eigenvalue weighted by molar-refractivity contribution is -0.125. The van der Waals surface area contributed by atoms with Crippen LogP contribution in [0, 0.1) is 5.92 Å². The van der Waals surface area contributed by atoms with Crippen molar-refractivity contribution in [2.75, 3.05) is 0 Å². The Morgan fingerprint density at radius 2 is 2.00 bits per heavy atom. The quantitative estimate of drug-likeness (QED) is 0.894. The maximum Gasteiger partial charge on any atom is 0.225 e. The van der Waals surface area contributed by atoms with E-state index in [-0.39, 0.29) is 17.9 Å². The van der Waals surface area contributed by atoms with Gasteiger partial charge in [-0.05, 0) is 18.6 Å². The zero-order chi connectivity index (χ0) is 13.7. The Bertz CT molecular complexity index is 507. The number of carbonyl (C=O) groups is 1. The first-order valence-electron chi connectivity index (χ1n) is 6.49. The van der Waals surface area contributed by atoms with Gasteiger partial charge in [0.05, 0.1) is 18.5 Å². The van der Waals surface area contributed by atoms with Crippen LogP contribution in [0.3, 0.4) is 0 Å². The number of rotatable bonds is 5. The van der Waals surface area contributed by atoms with Crippen LogP contribution >= 0.6 is 0 Å². The largest absolute Gasteiger partial charge is 0.349 e. The fourth-order valence-electron chi connectivity index (χ4n) is 1.95. The monoisotopic (exact) mass is 257 g/mol. The number of nitrogens with zero attached hydrogens (tertiary/aromatic N) is 2. The molecule has 4 nitrogen and oxygen atoms in total. The Balaban J connectivity index is 1.90. The first kappa shape index (κ1) is 13.3. The van der Waals surface area contributed by atoms with Gasteiger partial charge in [-0.1, -0.05) is 37.3 Å². The van der Waals surface area contributed by atoms with Crippen molar-refractivity contribution in [2.24, 2.45) is 5.92 Å². The van der Waals surface area contributed by atoms with Gasteiger partial charge in [-0.25, -0.2) is 0 Å². The molecule has 0 fully saturated rings. The fraction of sp³-hybridized carbons (Fsp3) is 0.333. The molecule has 0 bridgehead atoms. The zero-order valence-corrected chi connectivity index (χ0v) is 11.3. The van der Waals surface area contributed by atoms with Gasteiger partial charge in [0, 0.05) is 12.4 Å². The fourth-order valence-corrected chi connectivity index (χ4v) is 1.95. The molecule has 1 N–H and O–H groups in total. The molecule has 1 amide bonds. The Labute approximate surface area is 113 Å². The van der Waals surface area contributed by atoms with Crippen molar-refractivity contribution in [2.45, 2.75) is 26.4 Å². The Hall–Kier alpha value is -2.10. The summed E-state index contributed by atoms with van der Waals surface area (Å²) in [4.78, 5) is 12.1. The summed E-state index contributed by atoms with van der Waals surface area (Å²) in [6.07, 6.45) is 3.58. The van der Waals surface area contributed by atoms with Gasteiger partial charge in [0.15, 0.2) is 0 Å². The highest BCUT2D eigenvalue weighted by Gasteiger charge is 2.16. The van der Waals surface area contributed by atoms with Crippen LogP contribution in [0.25, 0.3) is 0 Å². The van der Waals surface area contributed by atoms with Crippen LogP contribution in [0.15, 0.2) is 48.8 Å². The van der Waals surface area contributed by atoms with E-state index in [1.807, 2.05) is 56.4 Å². The third kappa shape index (κ3) is 3.68. The minimum atomic E-state index is -0.105. The molecule has 0 aliphatic rings. The second kappa shape index (κ2) is 6.18. The topological polar surface area (TPSA) is 46.9 Å². The van der Waals surface area contributed by atoms with Crippen molar-refractivity contribution >= 4 is 5.91 Å². The molecule has 0 radical (unpaired) electrons. The van der Waals surface area contributed by atoms with E-state index >= 15 is 0 Å². The van der Waals surface area contributed by atoms with E-state index in [4.69, 9.17) is 0 Å². The highest BCUT2D eigenvalue weighted by atomic mass is 16.1. The molecule has 0 spiro atoms. The normalized spacial score (nSPS) is 13.8.